The van der Waals surface area contributed by atoms with Crippen LogP contribution in [-0.4, -0.2) is 50.6 Å². The smallest absolute Gasteiger partial charge is 0.161 e. The molecule has 0 aliphatic carbocycles. The first-order valence-corrected chi connectivity index (χ1v) is 8.41. The van der Waals surface area contributed by atoms with E-state index in [1.807, 2.05) is 0 Å². The predicted octanol–water partition coefficient (Wildman–Crippen LogP) is 1.83. The number of hydrogen-bond acceptors (Lipinski definition) is 2. The molecule has 1 saturated heterocycles. The van der Waals surface area contributed by atoms with Crippen LogP contribution in [0.15, 0.2) is 0 Å². The van der Waals surface area contributed by atoms with E-state index in [1.54, 1.807) is 0 Å². The Labute approximate surface area is 100 Å². The largest absolute Gasteiger partial charge is 0.322 e. The van der Waals surface area contributed by atoms with Crippen molar-refractivity contribution in [1.29, 1.82) is 0 Å². The molecule has 96 valence electrons. The van der Waals surface area contributed by atoms with Gasteiger partial charge in [-0.2, -0.15) is 0 Å². The topological polar surface area (TPSA) is 34.1 Å². The molecule has 1 aliphatic rings. The van der Waals surface area contributed by atoms with Gasteiger partial charge in [0, 0.05) is 0 Å². The van der Waals surface area contributed by atoms with Crippen molar-refractivity contribution in [2.24, 2.45) is 0 Å². The zero-order chi connectivity index (χ0) is 12.1. The SMILES string of the molecule is CCCC[N+]1(CCCC)CCS(=O)(=O)CC1. The minimum Gasteiger partial charge on any atom is -0.322 e. The average Bonchev–Trinajstić information content (AvgIpc) is 2.27. The zero-order valence-corrected chi connectivity index (χ0v) is 11.6. The molecule has 4 heteroatoms. The summed E-state index contributed by atoms with van der Waals surface area (Å²) in [4.78, 5) is 0. The summed E-state index contributed by atoms with van der Waals surface area (Å²) in [6, 6.07) is 0. The highest BCUT2D eigenvalue weighted by atomic mass is 32.2. The Hall–Kier alpha value is -0.0900. The summed E-state index contributed by atoms with van der Waals surface area (Å²) in [7, 11) is -2.72. The summed E-state index contributed by atoms with van der Waals surface area (Å²) in [5, 5.41) is 0. The van der Waals surface area contributed by atoms with Crippen molar-refractivity contribution in [2.45, 2.75) is 39.5 Å². The van der Waals surface area contributed by atoms with Crippen molar-refractivity contribution in [3.05, 3.63) is 0 Å². The average molecular weight is 248 g/mol. The van der Waals surface area contributed by atoms with E-state index in [-0.39, 0.29) is 0 Å². The van der Waals surface area contributed by atoms with Crippen molar-refractivity contribution in [3.8, 4) is 0 Å². The van der Waals surface area contributed by atoms with Crippen LogP contribution >= 0.6 is 0 Å². The molecule has 0 aromatic heterocycles. The molecule has 0 unspecified atom stereocenters. The van der Waals surface area contributed by atoms with E-state index in [0.717, 1.165) is 17.6 Å². The molecule has 0 aromatic rings. The lowest BCUT2D eigenvalue weighted by molar-refractivity contribution is -0.925. The monoisotopic (exact) mass is 248 g/mol. The lowest BCUT2D eigenvalue weighted by Gasteiger charge is -2.41. The van der Waals surface area contributed by atoms with E-state index < -0.39 is 9.84 Å². The molecule has 0 saturated carbocycles. The normalized spacial score (nSPS) is 23.1. The van der Waals surface area contributed by atoms with Crippen molar-refractivity contribution in [2.75, 3.05) is 37.7 Å². The molecule has 1 heterocycles. The Bertz CT molecular complexity index is 274. The van der Waals surface area contributed by atoms with E-state index in [0.29, 0.717) is 11.5 Å². The minimum atomic E-state index is -2.72. The van der Waals surface area contributed by atoms with Gasteiger partial charge in [-0.05, 0) is 12.8 Å². The standard InChI is InChI=1S/C12H26NO2S/c1-3-5-7-13(8-6-4-2)9-11-16(14,15)12-10-13/h3-12H2,1-2H3/q+1. The molecule has 16 heavy (non-hydrogen) atoms. The fourth-order valence-electron chi connectivity index (χ4n) is 2.43. The number of quaternary nitrogens is 1. The maximum atomic E-state index is 11.5. The molecule has 0 atom stereocenters. The lowest BCUT2D eigenvalue weighted by Crippen LogP contribution is -2.57. The van der Waals surface area contributed by atoms with Gasteiger partial charge in [0.15, 0.2) is 9.84 Å². The van der Waals surface area contributed by atoms with Gasteiger partial charge < -0.3 is 4.48 Å². The number of nitrogens with zero attached hydrogens (tertiary/aromatic N) is 1. The number of sulfone groups is 1. The van der Waals surface area contributed by atoms with Crippen LogP contribution < -0.4 is 0 Å². The van der Waals surface area contributed by atoms with E-state index in [1.165, 1.54) is 38.8 Å². The second-order valence-electron chi connectivity index (χ2n) is 5.09. The Morgan fingerprint density at radius 2 is 1.38 bits per heavy atom. The highest BCUT2D eigenvalue weighted by molar-refractivity contribution is 7.91. The van der Waals surface area contributed by atoms with E-state index in [4.69, 9.17) is 0 Å². The quantitative estimate of drug-likeness (QED) is 0.672. The van der Waals surface area contributed by atoms with Gasteiger partial charge in [-0.1, -0.05) is 26.7 Å². The molecular weight excluding hydrogens is 222 g/mol. The van der Waals surface area contributed by atoms with Crippen LogP contribution in [0.5, 0.6) is 0 Å². The Morgan fingerprint density at radius 3 is 1.75 bits per heavy atom. The highest BCUT2D eigenvalue weighted by Gasteiger charge is 2.34. The molecule has 0 spiro atoms. The number of unbranched alkanes of at least 4 members (excludes halogenated alkanes) is 2. The van der Waals surface area contributed by atoms with Gasteiger partial charge in [0.2, 0.25) is 0 Å². The van der Waals surface area contributed by atoms with Crippen LogP contribution in [0.25, 0.3) is 0 Å². The highest BCUT2D eigenvalue weighted by Crippen LogP contribution is 2.17. The Balaban J connectivity index is 2.58. The van der Waals surface area contributed by atoms with Crippen molar-refractivity contribution in [1.82, 2.24) is 0 Å². The van der Waals surface area contributed by atoms with E-state index in [9.17, 15) is 8.42 Å². The summed E-state index contributed by atoms with van der Waals surface area (Å²) < 4.78 is 24.0. The van der Waals surface area contributed by atoms with Crippen LogP contribution in [-0.2, 0) is 9.84 Å². The van der Waals surface area contributed by atoms with Crippen LogP contribution in [0.4, 0.5) is 0 Å². The van der Waals surface area contributed by atoms with Crippen LogP contribution in [0.1, 0.15) is 39.5 Å². The van der Waals surface area contributed by atoms with Gasteiger partial charge in [-0.15, -0.1) is 0 Å². The third-order valence-corrected chi connectivity index (χ3v) is 5.33. The van der Waals surface area contributed by atoms with Gasteiger partial charge in [-0.3, -0.25) is 0 Å². The zero-order valence-electron chi connectivity index (χ0n) is 10.7. The van der Waals surface area contributed by atoms with Crippen LogP contribution in [0, 0.1) is 0 Å². The fourth-order valence-corrected chi connectivity index (χ4v) is 3.96. The van der Waals surface area contributed by atoms with E-state index in [2.05, 4.69) is 13.8 Å². The molecule has 0 aromatic carbocycles. The first-order valence-electron chi connectivity index (χ1n) is 6.59. The lowest BCUT2D eigenvalue weighted by atomic mass is 10.2. The molecule has 1 fully saturated rings. The van der Waals surface area contributed by atoms with Gasteiger partial charge >= 0.3 is 0 Å². The molecule has 0 amide bonds. The Morgan fingerprint density at radius 1 is 0.938 bits per heavy atom. The number of hydrogen-bond donors (Lipinski definition) is 0. The summed E-state index contributed by atoms with van der Waals surface area (Å²) >= 11 is 0. The third kappa shape index (κ3) is 4.06. The minimum absolute atomic E-state index is 0.403. The van der Waals surface area contributed by atoms with Gasteiger partial charge in [0.25, 0.3) is 0 Å². The summed E-state index contributed by atoms with van der Waals surface area (Å²) in [5.74, 6) is 0.806. The molecule has 0 radical (unpaired) electrons. The van der Waals surface area contributed by atoms with Crippen molar-refractivity contribution in [3.63, 3.8) is 0 Å². The first kappa shape index (κ1) is 14.0. The van der Waals surface area contributed by atoms with Crippen LogP contribution in [0.3, 0.4) is 0 Å². The summed E-state index contributed by atoms with van der Waals surface area (Å²) in [5.41, 5.74) is 0. The van der Waals surface area contributed by atoms with E-state index >= 15 is 0 Å². The summed E-state index contributed by atoms with van der Waals surface area (Å²) in [6.07, 6.45) is 4.87. The third-order valence-electron chi connectivity index (χ3n) is 3.73. The number of rotatable bonds is 6. The maximum Gasteiger partial charge on any atom is 0.161 e. The molecule has 0 bridgehead atoms. The second kappa shape index (κ2) is 6.01. The van der Waals surface area contributed by atoms with Crippen molar-refractivity contribution >= 4 is 9.84 Å². The maximum absolute atomic E-state index is 11.5. The van der Waals surface area contributed by atoms with Gasteiger partial charge in [0.1, 0.15) is 0 Å². The molecule has 3 nitrogen and oxygen atoms in total. The van der Waals surface area contributed by atoms with Crippen LogP contribution in [0.2, 0.25) is 0 Å². The Kier molecular flexibility index (Phi) is 5.25. The fraction of sp³-hybridized carbons (Fsp3) is 1.00. The van der Waals surface area contributed by atoms with Gasteiger partial charge in [0.05, 0.1) is 37.7 Å². The second-order valence-corrected chi connectivity index (χ2v) is 7.40. The van der Waals surface area contributed by atoms with Gasteiger partial charge in [-0.25, -0.2) is 8.42 Å². The first-order chi connectivity index (χ1) is 7.54. The molecule has 1 aliphatic heterocycles. The van der Waals surface area contributed by atoms with Crippen molar-refractivity contribution < 1.29 is 12.9 Å². The predicted molar refractivity (Wildman–Crippen MR) is 68.2 cm³/mol. The summed E-state index contributed by atoms with van der Waals surface area (Å²) in [6.45, 7) is 8.46. The molecule has 1 rings (SSSR count). The molecular formula is C12H26NO2S+. The molecule has 0 N–H and O–H groups in total.